The van der Waals surface area contributed by atoms with Gasteiger partial charge in [-0.15, -0.1) is 0 Å². The summed E-state index contributed by atoms with van der Waals surface area (Å²) in [7, 11) is 0. The number of allylic oxidation sites excluding steroid dienone is 1. The van der Waals surface area contributed by atoms with E-state index in [0.29, 0.717) is 30.0 Å². The number of nitrogens with two attached hydrogens (primary N) is 1. The molecule has 202 valence electrons. The maximum Gasteiger partial charge on any atom is 0.309 e. The number of carbonyl (C=O) groups is 2. The number of carbonyl (C=O) groups excluding carboxylic acids is 2. The van der Waals surface area contributed by atoms with Gasteiger partial charge in [-0.05, 0) is 118 Å². The first kappa shape index (κ1) is 26.5. The van der Waals surface area contributed by atoms with Crippen molar-refractivity contribution in [2.75, 3.05) is 5.73 Å². The van der Waals surface area contributed by atoms with Crippen LogP contribution < -0.4 is 5.73 Å². The number of esters is 1. The lowest BCUT2D eigenvalue weighted by atomic mass is 9.48. The number of anilines is 1. The Morgan fingerprint density at radius 3 is 2.51 bits per heavy atom. The summed E-state index contributed by atoms with van der Waals surface area (Å²) in [6.07, 6.45) is 12.0. The Balaban J connectivity index is 1.27. The summed E-state index contributed by atoms with van der Waals surface area (Å²) in [6.45, 7) is 13.0. The number of rotatable bonds is 5. The van der Waals surface area contributed by atoms with E-state index in [9.17, 15) is 9.59 Å². The van der Waals surface area contributed by atoms with Crippen LogP contribution in [0.2, 0.25) is 0 Å². The van der Waals surface area contributed by atoms with Crippen LogP contribution in [0.1, 0.15) is 101 Å². The van der Waals surface area contributed by atoms with Crippen molar-refractivity contribution < 1.29 is 14.3 Å². The fraction of sp³-hybridized carbons (Fsp3) is 0.697. The van der Waals surface area contributed by atoms with E-state index in [1.165, 1.54) is 16.7 Å². The van der Waals surface area contributed by atoms with Gasteiger partial charge >= 0.3 is 5.97 Å². The van der Waals surface area contributed by atoms with Gasteiger partial charge in [-0.1, -0.05) is 38.5 Å². The van der Waals surface area contributed by atoms with Crippen LogP contribution in [0.4, 0.5) is 5.69 Å². The quantitative estimate of drug-likeness (QED) is 0.261. The highest BCUT2D eigenvalue weighted by atomic mass is 16.5. The largest absolute Gasteiger partial charge is 0.462 e. The SMILES string of the molecule is CCC(Cc1c(C)cc(C)c(N)c1C)C(=O)O[C@H]1CC[C@@]2(C)C(=CCC3C2CC[C@]2(C)C(=O)CCC32)C1. The van der Waals surface area contributed by atoms with E-state index in [1.807, 2.05) is 6.92 Å². The molecule has 0 aromatic heterocycles. The molecule has 7 atom stereocenters. The monoisotopic (exact) mass is 505 g/mol. The summed E-state index contributed by atoms with van der Waals surface area (Å²) in [4.78, 5) is 26.1. The van der Waals surface area contributed by atoms with Gasteiger partial charge in [-0.25, -0.2) is 0 Å². The Morgan fingerprint density at radius 2 is 1.78 bits per heavy atom. The number of nitrogen functional groups attached to an aromatic ring is 1. The number of benzene rings is 1. The summed E-state index contributed by atoms with van der Waals surface area (Å²) < 4.78 is 6.22. The minimum atomic E-state index is -0.145. The summed E-state index contributed by atoms with van der Waals surface area (Å²) in [5.74, 6) is 2.16. The normalized spacial score (nSPS) is 35.7. The summed E-state index contributed by atoms with van der Waals surface area (Å²) in [5.41, 5.74) is 13.4. The van der Waals surface area contributed by atoms with Gasteiger partial charge in [0, 0.05) is 23.9 Å². The van der Waals surface area contributed by atoms with Crippen molar-refractivity contribution in [3.63, 3.8) is 0 Å². The van der Waals surface area contributed by atoms with E-state index in [2.05, 4.69) is 46.8 Å². The number of ketones is 1. The molecule has 3 fully saturated rings. The predicted octanol–water partition coefficient (Wildman–Crippen LogP) is 7.21. The highest BCUT2D eigenvalue weighted by Crippen LogP contribution is 2.64. The van der Waals surface area contributed by atoms with Crippen LogP contribution in [0.15, 0.2) is 17.7 Å². The molecule has 5 rings (SSSR count). The Labute approximate surface area is 223 Å². The minimum Gasteiger partial charge on any atom is -0.462 e. The molecule has 0 amide bonds. The molecule has 3 saturated carbocycles. The van der Waals surface area contributed by atoms with Gasteiger partial charge in [0.25, 0.3) is 0 Å². The molecule has 0 heterocycles. The van der Waals surface area contributed by atoms with Crippen molar-refractivity contribution in [3.05, 3.63) is 40.0 Å². The molecule has 0 radical (unpaired) electrons. The van der Waals surface area contributed by atoms with E-state index >= 15 is 0 Å². The maximum atomic E-state index is 13.4. The van der Waals surface area contributed by atoms with Gasteiger partial charge in [0.2, 0.25) is 0 Å². The smallest absolute Gasteiger partial charge is 0.309 e. The molecule has 0 aliphatic heterocycles. The second-order valence-electron chi connectivity index (χ2n) is 13.3. The Morgan fingerprint density at radius 1 is 1.08 bits per heavy atom. The van der Waals surface area contributed by atoms with Crippen molar-refractivity contribution >= 4 is 17.4 Å². The molecule has 1 aromatic carbocycles. The average Bonchev–Trinajstić information content (AvgIpc) is 3.17. The van der Waals surface area contributed by atoms with Crippen LogP contribution in [0.25, 0.3) is 0 Å². The first-order valence-electron chi connectivity index (χ1n) is 14.8. The lowest BCUT2D eigenvalue weighted by Gasteiger charge is -2.56. The Hall–Kier alpha value is -2.10. The summed E-state index contributed by atoms with van der Waals surface area (Å²) in [6, 6.07) is 2.13. The van der Waals surface area contributed by atoms with Crippen LogP contribution >= 0.6 is 0 Å². The number of ether oxygens (including phenoxy) is 1. The van der Waals surface area contributed by atoms with Crippen molar-refractivity contribution in [1.29, 1.82) is 0 Å². The molecule has 1 aromatic rings. The molecular weight excluding hydrogens is 458 g/mol. The minimum absolute atomic E-state index is 0.0235. The molecule has 0 spiro atoms. The zero-order valence-corrected chi connectivity index (χ0v) is 23.9. The van der Waals surface area contributed by atoms with Gasteiger partial charge in [0.05, 0.1) is 5.92 Å². The number of Topliss-reactive ketones (excluding diaryl/α,β-unsaturated/α-hetero) is 1. The van der Waals surface area contributed by atoms with Crippen molar-refractivity contribution in [2.45, 2.75) is 112 Å². The molecule has 0 saturated heterocycles. The van der Waals surface area contributed by atoms with E-state index in [4.69, 9.17) is 10.5 Å². The van der Waals surface area contributed by atoms with Crippen molar-refractivity contribution in [2.24, 2.45) is 34.5 Å². The van der Waals surface area contributed by atoms with E-state index in [-0.39, 0.29) is 28.8 Å². The van der Waals surface area contributed by atoms with Gasteiger partial charge in [-0.2, -0.15) is 0 Å². The molecule has 4 aliphatic carbocycles. The van der Waals surface area contributed by atoms with Crippen molar-refractivity contribution in [1.82, 2.24) is 0 Å². The third-order valence-electron chi connectivity index (χ3n) is 11.5. The van der Waals surface area contributed by atoms with Crippen LogP contribution in [0.3, 0.4) is 0 Å². The summed E-state index contributed by atoms with van der Waals surface area (Å²) >= 11 is 0. The zero-order valence-electron chi connectivity index (χ0n) is 23.9. The fourth-order valence-corrected chi connectivity index (χ4v) is 8.96. The Bertz CT molecular complexity index is 1130. The number of hydrogen-bond acceptors (Lipinski definition) is 4. The number of aryl methyl sites for hydroxylation is 2. The van der Waals surface area contributed by atoms with E-state index in [1.54, 1.807) is 0 Å². The van der Waals surface area contributed by atoms with Gasteiger partial charge in [0.1, 0.15) is 11.9 Å². The molecular formula is C33H47NO3. The second-order valence-corrected chi connectivity index (χ2v) is 13.3. The van der Waals surface area contributed by atoms with Gasteiger partial charge < -0.3 is 10.5 Å². The topological polar surface area (TPSA) is 69.4 Å². The average molecular weight is 506 g/mol. The van der Waals surface area contributed by atoms with Crippen LogP contribution in [0.5, 0.6) is 0 Å². The van der Waals surface area contributed by atoms with Crippen LogP contribution in [0, 0.1) is 55.3 Å². The second kappa shape index (κ2) is 9.58. The first-order valence-corrected chi connectivity index (χ1v) is 14.8. The highest BCUT2D eigenvalue weighted by molar-refractivity contribution is 5.87. The van der Waals surface area contributed by atoms with Crippen LogP contribution in [-0.2, 0) is 20.7 Å². The first-order chi connectivity index (χ1) is 17.5. The predicted molar refractivity (Wildman–Crippen MR) is 149 cm³/mol. The maximum absolute atomic E-state index is 13.4. The molecule has 2 N–H and O–H groups in total. The third kappa shape index (κ3) is 4.27. The standard InChI is InChI=1S/C33H47NO3/c1-7-22(17-26-19(2)16-20(3)30(34)21(26)4)31(36)37-24-12-14-32(5)23(18-24)8-9-25-27-10-11-29(35)33(27,6)15-13-28(25)32/h8,16,22,24-25,27-28H,7,9-15,17-18,34H2,1-6H3/t22?,24-,25?,27?,28?,32-,33-/m0/s1. The summed E-state index contributed by atoms with van der Waals surface area (Å²) in [5, 5.41) is 0. The van der Waals surface area contributed by atoms with E-state index < -0.39 is 0 Å². The molecule has 37 heavy (non-hydrogen) atoms. The third-order valence-corrected chi connectivity index (χ3v) is 11.5. The number of fused-ring (bicyclic) bond motifs is 5. The van der Waals surface area contributed by atoms with Crippen molar-refractivity contribution in [3.8, 4) is 0 Å². The molecule has 4 nitrogen and oxygen atoms in total. The lowest BCUT2D eigenvalue weighted by Crippen LogP contribution is -2.50. The fourth-order valence-electron chi connectivity index (χ4n) is 8.96. The van der Waals surface area contributed by atoms with Crippen LogP contribution in [-0.4, -0.2) is 17.9 Å². The zero-order chi connectivity index (χ0) is 26.7. The molecule has 0 bridgehead atoms. The van der Waals surface area contributed by atoms with Gasteiger partial charge in [-0.3, -0.25) is 9.59 Å². The van der Waals surface area contributed by atoms with E-state index in [0.717, 1.165) is 74.6 Å². The highest BCUT2D eigenvalue weighted by Gasteiger charge is 2.58. The lowest BCUT2D eigenvalue weighted by molar-refractivity contribution is -0.156. The number of hydrogen-bond donors (Lipinski definition) is 1. The molecule has 4 unspecified atom stereocenters. The van der Waals surface area contributed by atoms with Gasteiger partial charge in [0.15, 0.2) is 0 Å². The Kier molecular flexibility index (Phi) is 6.86. The molecule has 4 heteroatoms. The molecule has 4 aliphatic rings.